The summed E-state index contributed by atoms with van der Waals surface area (Å²) in [6.07, 6.45) is 2.40. The van der Waals surface area contributed by atoms with Gasteiger partial charge in [-0.05, 0) is 26.4 Å². The third-order valence-corrected chi connectivity index (χ3v) is 3.84. The number of oxime groups is 1. The Morgan fingerprint density at radius 2 is 2.28 bits per heavy atom. The molecule has 2 atom stereocenters. The van der Waals surface area contributed by atoms with E-state index in [4.69, 9.17) is 15.7 Å². The maximum atomic E-state index is 8.74. The Bertz CT molecular complexity index is 298. The summed E-state index contributed by atoms with van der Waals surface area (Å²) < 4.78 is 5.78. The first-order valence-corrected chi connectivity index (χ1v) is 6.69. The molecule has 3 N–H and O–H groups in total. The summed E-state index contributed by atoms with van der Waals surface area (Å²) in [4.78, 5) is 4.68. The van der Waals surface area contributed by atoms with Crippen LogP contribution in [0.25, 0.3) is 0 Å². The molecule has 2 aliphatic rings. The molecule has 0 aromatic heterocycles. The lowest BCUT2D eigenvalue weighted by Gasteiger charge is -2.37. The van der Waals surface area contributed by atoms with E-state index in [1.807, 2.05) is 0 Å². The molecule has 2 saturated heterocycles. The lowest BCUT2D eigenvalue weighted by molar-refractivity contribution is -0.0389. The van der Waals surface area contributed by atoms with Crippen LogP contribution < -0.4 is 5.73 Å². The third kappa shape index (κ3) is 3.57. The van der Waals surface area contributed by atoms with Crippen LogP contribution in [-0.4, -0.2) is 73.3 Å². The van der Waals surface area contributed by atoms with Crippen molar-refractivity contribution in [3.8, 4) is 0 Å². The van der Waals surface area contributed by atoms with Crippen LogP contribution in [0.5, 0.6) is 0 Å². The number of amidine groups is 1. The van der Waals surface area contributed by atoms with E-state index in [0.717, 1.165) is 52.2 Å². The van der Waals surface area contributed by atoms with Crippen molar-refractivity contribution in [1.29, 1.82) is 0 Å². The van der Waals surface area contributed by atoms with Gasteiger partial charge in [-0.2, -0.15) is 0 Å². The van der Waals surface area contributed by atoms with Crippen molar-refractivity contribution in [3.63, 3.8) is 0 Å². The van der Waals surface area contributed by atoms with Crippen molar-refractivity contribution >= 4 is 5.84 Å². The van der Waals surface area contributed by atoms with Gasteiger partial charge in [0, 0.05) is 32.1 Å². The van der Waals surface area contributed by atoms with Crippen LogP contribution >= 0.6 is 0 Å². The highest BCUT2D eigenvalue weighted by Crippen LogP contribution is 2.17. The lowest BCUT2D eigenvalue weighted by atomic mass is 9.97. The van der Waals surface area contributed by atoms with E-state index in [1.165, 1.54) is 0 Å². The Morgan fingerprint density at radius 1 is 1.44 bits per heavy atom. The molecule has 2 heterocycles. The van der Waals surface area contributed by atoms with Gasteiger partial charge in [0.15, 0.2) is 0 Å². The number of nitrogens with zero attached hydrogens (tertiary/aromatic N) is 3. The molecule has 18 heavy (non-hydrogen) atoms. The van der Waals surface area contributed by atoms with Gasteiger partial charge in [-0.1, -0.05) is 5.16 Å². The molecule has 2 rings (SSSR count). The van der Waals surface area contributed by atoms with E-state index < -0.39 is 0 Å². The molecule has 104 valence electrons. The predicted molar refractivity (Wildman–Crippen MR) is 69.8 cm³/mol. The van der Waals surface area contributed by atoms with E-state index in [2.05, 4.69) is 22.0 Å². The first-order valence-electron chi connectivity index (χ1n) is 6.69. The fraction of sp³-hybridized carbons (Fsp3) is 0.917. The number of hydrogen-bond donors (Lipinski definition) is 2. The summed E-state index contributed by atoms with van der Waals surface area (Å²) in [6.45, 7) is 5.73. The van der Waals surface area contributed by atoms with Crippen LogP contribution in [0.4, 0.5) is 0 Å². The van der Waals surface area contributed by atoms with E-state index in [0.29, 0.717) is 5.84 Å². The van der Waals surface area contributed by atoms with Crippen molar-refractivity contribution in [2.45, 2.75) is 18.9 Å². The normalized spacial score (nSPS) is 32.6. The largest absolute Gasteiger partial charge is 0.409 e. The van der Waals surface area contributed by atoms with Crippen molar-refractivity contribution in [3.05, 3.63) is 0 Å². The highest BCUT2D eigenvalue weighted by atomic mass is 16.5. The second kappa shape index (κ2) is 6.36. The SMILES string of the molecule is CN1CCOC(CN2CCCC(C(N)=NO)C2)C1. The molecule has 0 aliphatic carbocycles. The lowest BCUT2D eigenvalue weighted by Crippen LogP contribution is -2.49. The minimum atomic E-state index is 0.185. The molecule has 0 aromatic rings. The molecule has 2 fully saturated rings. The number of likely N-dealkylation sites (N-methyl/N-ethyl adjacent to an activating group) is 1. The summed E-state index contributed by atoms with van der Waals surface area (Å²) in [5, 5.41) is 11.9. The molecule has 0 spiro atoms. The number of ether oxygens (including phenoxy) is 1. The molecule has 0 amide bonds. The molecule has 0 radical (unpaired) electrons. The quantitative estimate of drug-likeness (QED) is 0.316. The molecule has 6 nitrogen and oxygen atoms in total. The summed E-state index contributed by atoms with van der Waals surface area (Å²) in [6, 6.07) is 0. The molecule has 0 bridgehead atoms. The summed E-state index contributed by atoms with van der Waals surface area (Å²) in [7, 11) is 2.13. The highest BCUT2D eigenvalue weighted by Gasteiger charge is 2.26. The number of likely N-dealkylation sites (tertiary alicyclic amines) is 1. The summed E-state index contributed by atoms with van der Waals surface area (Å²) in [5.41, 5.74) is 5.70. The van der Waals surface area contributed by atoms with Crippen molar-refractivity contribution in [2.24, 2.45) is 16.8 Å². The molecule has 0 aromatic carbocycles. The number of nitrogens with two attached hydrogens (primary N) is 1. The van der Waals surface area contributed by atoms with Crippen molar-refractivity contribution < 1.29 is 9.94 Å². The van der Waals surface area contributed by atoms with Crippen LogP contribution in [0.3, 0.4) is 0 Å². The molecule has 0 saturated carbocycles. The molecule has 6 heteroatoms. The van der Waals surface area contributed by atoms with E-state index >= 15 is 0 Å². The standard InChI is InChI=1S/C12H24N4O2/c1-15-5-6-18-11(8-15)9-16-4-2-3-10(7-16)12(13)14-17/h10-11,17H,2-9H2,1H3,(H2,13,14). The number of hydrogen-bond acceptors (Lipinski definition) is 5. The monoisotopic (exact) mass is 256 g/mol. The number of piperidine rings is 1. The Balaban J connectivity index is 1.82. The second-order valence-corrected chi connectivity index (χ2v) is 5.38. The first kappa shape index (κ1) is 13.6. The zero-order valence-electron chi connectivity index (χ0n) is 11.1. The zero-order valence-corrected chi connectivity index (χ0v) is 11.1. The van der Waals surface area contributed by atoms with Gasteiger partial charge in [0.1, 0.15) is 5.84 Å². The Kier molecular flexibility index (Phi) is 4.79. The van der Waals surface area contributed by atoms with Gasteiger partial charge in [-0.25, -0.2) is 0 Å². The van der Waals surface area contributed by atoms with Gasteiger partial charge in [0.05, 0.1) is 12.7 Å². The Labute approximate surface area is 108 Å². The van der Waals surface area contributed by atoms with Gasteiger partial charge < -0.3 is 20.6 Å². The molecular weight excluding hydrogens is 232 g/mol. The van der Waals surface area contributed by atoms with Gasteiger partial charge >= 0.3 is 0 Å². The van der Waals surface area contributed by atoms with Gasteiger partial charge in [0.2, 0.25) is 0 Å². The van der Waals surface area contributed by atoms with Crippen LogP contribution in [0, 0.1) is 5.92 Å². The average Bonchev–Trinajstić information content (AvgIpc) is 2.38. The maximum absolute atomic E-state index is 8.74. The average molecular weight is 256 g/mol. The Morgan fingerprint density at radius 3 is 3.00 bits per heavy atom. The minimum absolute atomic E-state index is 0.185. The number of morpholine rings is 1. The van der Waals surface area contributed by atoms with Gasteiger partial charge in [-0.15, -0.1) is 0 Å². The van der Waals surface area contributed by atoms with E-state index in [-0.39, 0.29) is 12.0 Å². The molecule has 2 unspecified atom stereocenters. The number of rotatable bonds is 3. The zero-order chi connectivity index (χ0) is 13.0. The van der Waals surface area contributed by atoms with E-state index in [1.54, 1.807) is 0 Å². The predicted octanol–water partition coefficient (Wildman–Crippen LogP) is -0.225. The summed E-state index contributed by atoms with van der Waals surface area (Å²) in [5.74, 6) is 0.548. The first-order chi connectivity index (χ1) is 8.69. The van der Waals surface area contributed by atoms with E-state index in [9.17, 15) is 0 Å². The molecule has 2 aliphatic heterocycles. The Hall–Kier alpha value is -0.850. The second-order valence-electron chi connectivity index (χ2n) is 5.38. The highest BCUT2D eigenvalue weighted by molar-refractivity contribution is 5.82. The fourth-order valence-corrected chi connectivity index (χ4v) is 2.81. The van der Waals surface area contributed by atoms with Crippen LogP contribution in [0.2, 0.25) is 0 Å². The minimum Gasteiger partial charge on any atom is -0.409 e. The maximum Gasteiger partial charge on any atom is 0.143 e. The topological polar surface area (TPSA) is 74.3 Å². The van der Waals surface area contributed by atoms with Gasteiger partial charge in [-0.3, -0.25) is 4.90 Å². The van der Waals surface area contributed by atoms with Crippen molar-refractivity contribution in [1.82, 2.24) is 9.80 Å². The third-order valence-electron chi connectivity index (χ3n) is 3.84. The summed E-state index contributed by atoms with van der Waals surface area (Å²) >= 11 is 0. The van der Waals surface area contributed by atoms with Crippen LogP contribution in [0.1, 0.15) is 12.8 Å². The van der Waals surface area contributed by atoms with Crippen LogP contribution in [-0.2, 0) is 4.74 Å². The fourth-order valence-electron chi connectivity index (χ4n) is 2.81. The smallest absolute Gasteiger partial charge is 0.143 e. The van der Waals surface area contributed by atoms with Gasteiger partial charge in [0.25, 0.3) is 0 Å². The van der Waals surface area contributed by atoms with Crippen LogP contribution in [0.15, 0.2) is 5.16 Å². The molecular formula is C12H24N4O2. The van der Waals surface area contributed by atoms with Crippen molar-refractivity contribution in [2.75, 3.05) is 46.4 Å².